The van der Waals surface area contributed by atoms with Crippen molar-refractivity contribution in [2.75, 3.05) is 29.6 Å². The molecule has 0 unspecified atom stereocenters. The number of aromatic hydroxyl groups is 2. The number of rotatable bonds is 12. The zero-order valence-corrected chi connectivity index (χ0v) is 33.1. The van der Waals surface area contributed by atoms with Crippen molar-refractivity contribution in [2.45, 2.75) is 79.4 Å². The predicted octanol–water partition coefficient (Wildman–Crippen LogP) is 8.28. The molecular weight excluding hydrogens is 705 g/mol. The quantitative estimate of drug-likeness (QED) is 0.101. The molecule has 6 rings (SSSR count). The molecule has 292 valence electrons. The van der Waals surface area contributed by atoms with E-state index in [0.717, 1.165) is 58.6 Å². The number of hydrogen-bond acceptors (Lipinski definition) is 7. The van der Waals surface area contributed by atoms with Crippen LogP contribution in [0, 0.1) is 20.8 Å². The van der Waals surface area contributed by atoms with Crippen LogP contribution in [-0.2, 0) is 17.8 Å². The van der Waals surface area contributed by atoms with Gasteiger partial charge in [-0.05, 0) is 116 Å². The highest BCUT2D eigenvalue weighted by molar-refractivity contribution is 6.08. The second-order valence-electron chi connectivity index (χ2n) is 14.9. The molecule has 56 heavy (non-hydrogen) atoms. The summed E-state index contributed by atoms with van der Waals surface area (Å²) in [5.41, 5.74) is 7.80. The van der Waals surface area contributed by atoms with E-state index in [2.05, 4.69) is 28.2 Å². The monoisotopic (exact) mass is 756 g/mol. The molecule has 1 aliphatic rings. The molecule has 4 N–H and O–H groups in total. The number of nitrogens with one attached hydrogen (secondary N) is 2. The van der Waals surface area contributed by atoms with Gasteiger partial charge < -0.3 is 35.1 Å². The molecule has 0 radical (unpaired) electrons. The number of aryl methyl sites for hydroxylation is 2. The van der Waals surface area contributed by atoms with Gasteiger partial charge in [-0.2, -0.15) is 0 Å². The largest absolute Gasteiger partial charge is 0.508 e. The first-order chi connectivity index (χ1) is 26.9. The number of nitrogens with zero attached hydrogens (tertiary/aromatic N) is 2. The van der Waals surface area contributed by atoms with Gasteiger partial charge in [-0.3, -0.25) is 14.4 Å². The molecule has 2 amide bonds. The van der Waals surface area contributed by atoms with Gasteiger partial charge in [-0.25, -0.2) is 0 Å². The Labute approximate surface area is 328 Å². The molecule has 5 aromatic rings. The van der Waals surface area contributed by atoms with Crippen LogP contribution in [0.15, 0.2) is 89.7 Å². The van der Waals surface area contributed by atoms with Gasteiger partial charge in [0.25, 0.3) is 17.4 Å². The number of pyridine rings is 1. The van der Waals surface area contributed by atoms with Crippen LogP contribution in [0.1, 0.15) is 93.8 Å². The van der Waals surface area contributed by atoms with Crippen LogP contribution in [0.4, 0.5) is 11.4 Å². The summed E-state index contributed by atoms with van der Waals surface area (Å²) in [7, 11) is 0. The second kappa shape index (κ2) is 17.3. The third kappa shape index (κ3) is 8.66. The van der Waals surface area contributed by atoms with Crippen molar-refractivity contribution in [3.8, 4) is 22.6 Å². The van der Waals surface area contributed by atoms with Gasteiger partial charge in [0.1, 0.15) is 11.5 Å². The molecule has 0 atom stereocenters. The molecule has 0 spiro atoms. The summed E-state index contributed by atoms with van der Waals surface area (Å²) in [6.07, 6.45) is 1.73. The number of phenolic OH excluding ortho intramolecular Hbond substituents is 2. The van der Waals surface area contributed by atoms with Gasteiger partial charge in [0, 0.05) is 66.6 Å². The number of benzene rings is 4. The molecule has 1 fully saturated rings. The SMILES string of the molecule is CCN(c1cc(-c2cccc(N(Cc3ccccc3)C(=O)c3cc(C(C)C)c(O)cc3O)c2)cc(C(=O)NCc2c(C)cc(C)[nH]c2=O)c1C)C1CCOCC1. The Morgan fingerprint density at radius 2 is 1.61 bits per heavy atom. The van der Waals surface area contributed by atoms with E-state index in [9.17, 15) is 24.6 Å². The van der Waals surface area contributed by atoms with Crippen LogP contribution in [-0.4, -0.2) is 52.8 Å². The highest BCUT2D eigenvalue weighted by atomic mass is 16.5. The summed E-state index contributed by atoms with van der Waals surface area (Å²) in [6.45, 7) is 14.0. The number of anilines is 2. The molecule has 1 saturated heterocycles. The number of ether oxygens (including phenoxy) is 1. The molecular formula is C46H52N4O6. The molecule has 0 bridgehead atoms. The summed E-state index contributed by atoms with van der Waals surface area (Å²) in [4.78, 5) is 48.3. The van der Waals surface area contributed by atoms with Crippen molar-refractivity contribution in [1.82, 2.24) is 10.3 Å². The van der Waals surface area contributed by atoms with Crippen molar-refractivity contribution in [3.05, 3.63) is 140 Å². The zero-order valence-electron chi connectivity index (χ0n) is 33.1. The third-order valence-corrected chi connectivity index (χ3v) is 10.7. The van der Waals surface area contributed by atoms with E-state index in [4.69, 9.17) is 4.74 Å². The van der Waals surface area contributed by atoms with Gasteiger partial charge in [0.15, 0.2) is 0 Å². The molecule has 4 aromatic carbocycles. The lowest BCUT2D eigenvalue weighted by Crippen LogP contribution is -2.40. The normalized spacial score (nSPS) is 13.1. The van der Waals surface area contributed by atoms with E-state index >= 15 is 0 Å². The van der Waals surface area contributed by atoms with Gasteiger partial charge in [0.2, 0.25) is 0 Å². The van der Waals surface area contributed by atoms with E-state index in [1.54, 1.807) is 11.0 Å². The van der Waals surface area contributed by atoms with E-state index in [0.29, 0.717) is 35.6 Å². The Bertz CT molecular complexity index is 2280. The number of amides is 2. The summed E-state index contributed by atoms with van der Waals surface area (Å²) in [5, 5.41) is 24.5. The number of phenols is 2. The van der Waals surface area contributed by atoms with E-state index < -0.39 is 5.91 Å². The van der Waals surface area contributed by atoms with Crippen molar-refractivity contribution in [1.29, 1.82) is 0 Å². The summed E-state index contributed by atoms with van der Waals surface area (Å²) >= 11 is 0. The number of aromatic nitrogens is 1. The minimum atomic E-state index is -0.423. The van der Waals surface area contributed by atoms with Crippen molar-refractivity contribution in [2.24, 2.45) is 0 Å². The van der Waals surface area contributed by atoms with Crippen LogP contribution in [0.3, 0.4) is 0 Å². The number of H-pyrrole nitrogens is 1. The maximum Gasteiger partial charge on any atom is 0.262 e. The minimum absolute atomic E-state index is 0.0663. The van der Waals surface area contributed by atoms with Crippen molar-refractivity contribution < 1.29 is 24.5 Å². The van der Waals surface area contributed by atoms with Crippen LogP contribution < -0.4 is 20.7 Å². The maximum atomic E-state index is 14.5. The predicted molar refractivity (Wildman–Crippen MR) is 222 cm³/mol. The van der Waals surface area contributed by atoms with E-state index in [-0.39, 0.29) is 53.6 Å². The molecule has 10 nitrogen and oxygen atoms in total. The van der Waals surface area contributed by atoms with Crippen LogP contribution in [0.25, 0.3) is 11.1 Å². The van der Waals surface area contributed by atoms with Gasteiger partial charge >= 0.3 is 0 Å². The average molecular weight is 757 g/mol. The topological polar surface area (TPSA) is 135 Å². The molecule has 1 aliphatic heterocycles. The van der Waals surface area contributed by atoms with Gasteiger partial charge in [-0.1, -0.05) is 56.3 Å². The lowest BCUT2D eigenvalue weighted by molar-refractivity contribution is 0.0845. The zero-order chi connectivity index (χ0) is 40.1. The van der Waals surface area contributed by atoms with Crippen molar-refractivity contribution >= 4 is 23.2 Å². The fraction of sp³-hybridized carbons (Fsp3) is 0.326. The first-order valence-electron chi connectivity index (χ1n) is 19.3. The summed E-state index contributed by atoms with van der Waals surface area (Å²) in [5.74, 6) is -1.17. The average Bonchev–Trinajstić information content (AvgIpc) is 3.18. The standard InChI is InChI=1S/C46H52N4O6/c1-7-49(35-16-18-56-19-17-35)41-23-34(22-38(31(41)6)44(53)47-26-40-29(4)20-30(5)48-45(40)54)33-14-11-15-36(21-33)50(27-32-12-9-8-10-13-32)46(55)39-24-37(28(2)3)42(51)25-43(39)52/h8-15,20-25,28,35,51-52H,7,16-19,26-27H2,1-6H3,(H,47,53)(H,48,54). The highest BCUT2D eigenvalue weighted by Gasteiger charge is 2.27. The van der Waals surface area contributed by atoms with Gasteiger partial charge in [-0.15, -0.1) is 0 Å². The smallest absolute Gasteiger partial charge is 0.262 e. The minimum Gasteiger partial charge on any atom is -0.508 e. The van der Waals surface area contributed by atoms with Crippen LogP contribution in [0.2, 0.25) is 0 Å². The number of aromatic amines is 1. The summed E-state index contributed by atoms with van der Waals surface area (Å²) < 4.78 is 5.70. The Morgan fingerprint density at radius 1 is 0.875 bits per heavy atom. The highest BCUT2D eigenvalue weighted by Crippen LogP contribution is 2.37. The maximum absolute atomic E-state index is 14.5. The third-order valence-electron chi connectivity index (χ3n) is 10.7. The fourth-order valence-electron chi connectivity index (χ4n) is 7.66. The van der Waals surface area contributed by atoms with Crippen LogP contribution in [0.5, 0.6) is 11.5 Å². The lowest BCUT2D eigenvalue weighted by atomic mass is 9.94. The second-order valence-corrected chi connectivity index (χ2v) is 14.9. The first kappa shape index (κ1) is 39.8. The number of hydrogen-bond donors (Lipinski definition) is 4. The van der Waals surface area contributed by atoms with E-state index in [1.165, 1.54) is 6.07 Å². The molecule has 1 aromatic heterocycles. The molecule has 10 heteroatoms. The van der Waals surface area contributed by atoms with Crippen molar-refractivity contribution in [3.63, 3.8) is 0 Å². The fourth-order valence-corrected chi connectivity index (χ4v) is 7.66. The Morgan fingerprint density at radius 3 is 2.29 bits per heavy atom. The summed E-state index contributed by atoms with van der Waals surface area (Å²) in [6, 6.07) is 26.2. The molecule has 0 saturated carbocycles. The van der Waals surface area contributed by atoms with Gasteiger partial charge in [0.05, 0.1) is 12.1 Å². The van der Waals surface area contributed by atoms with E-state index in [1.807, 2.05) is 101 Å². The number of carbonyl (C=O) groups excluding carboxylic acids is 2. The Hall–Kier alpha value is -5.87. The number of carbonyl (C=O) groups is 2. The molecule has 2 heterocycles. The van der Waals surface area contributed by atoms with Crippen LogP contribution >= 0.6 is 0 Å². The first-order valence-corrected chi connectivity index (χ1v) is 19.3. The Kier molecular flexibility index (Phi) is 12.3. The Balaban J connectivity index is 1.45. The molecule has 0 aliphatic carbocycles. The lowest BCUT2D eigenvalue weighted by Gasteiger charge is -2.37.